The summed E-state index contributed by atoms with van der Waals surface area (Å²) in [6.07, 6.45) is 3.99. The van der Waals surface area contributed by atoms with E-state index in [9.17, 15) is 0 Å². The van der Waals surface area contributed by atoms with Gasteiger partial charge in [0.05, 0.1) is 5.02 Å². The van der Waals surface area contributed by atoms with Crippen LogP contribution in [0.25, 0.3) is 12.2 Å². The smallest absolute Gasteiger partial charge is 0.0554 e. The molecule has 92 valence electrons. The van der Waals surface area contributed by atoms with Gasteiger partial charge in [-0.1, -0.05) is 63.4 Å². The van der Waals surface area contributed by atoms with Crippen LogP contribution in [-0.4, -0.2) is 0 Å². The van der Waals surface area contributed by atoms with Gasteiger partial charge in [-0.2, -0.15) is 0 Å². The molecule has 2 aromatic carbocycles. The molecule has 0 amide bonds. The van der Waals surface area contributed by atoms with Gasteiger partial charge in [-0.15, -0.1) is 0 Å². The van der Waals surface area contributed by atoms with Gasteiger partial charge in [-0.3, -0.25) is 0 Å². The minimum atomic E-state index is 0.699. The lowest BCUT2D eigenvalue weighted by molar-refractivity contribution is 1.59. The van der Waals surface area contributed by atoms with Crippen molar-refractivity contribution in [2.24, 2.45) is 0 Å². The third kappa shape index (κ3) is 3.61. The summed E-state index contributed by atoms with van der Waals surface area (Å²) in [6, 6.07) is 11.5. The first-order valence-corrected chi connectivity index (χ1v) is 7.48. The van der Waals surface area contributed by atoms with Crippen molar-refractivity contribution in [2.45, 2.75) is 0 Å². The molecule has 18 heavy (non-hydrogen) atoms. The average Bonchev–Trinajstić information content (AvgIpc) is 2.30. The zero-order chi connectivity index (χ0) is 13.1. The molecular formula is C14H8Br2Cl2. The highest BCUT2D eigenvalue weighted by Gasteiger charge is 2.00. The summed E-state index contributed by atoms with van der Waals surface area (Å²) in [5, 5.41) is 1.40. The second kappa shape index (κ2) is 6.25. The predicted octanol–water partition coefficient (Wildman–Crippen LogP) is 6.69. The molecule has 0 aliphatic carbocycles. The van der Waals surface area contributed by atoms with Gasteiger partial charge in [0.1, 0.15) is 0 Å². The molecule has 0 aromatic heterocycles. The Bertz CT molecular complexity index is 586. The van der Waals surface area contributed by atoms with Crippen LogP contribution < -0.4 is 0 Å². The minimum Gasteiger partial charge on any atom is -0.0843 e. The molecule has 0 saturated carbocycles. The molecule has 0 aliphatic rings. The highest BCUT2D eigenvalue weighted by Crippen LogP contribution is 2.28. The minimum absolute atomic E-state index is 0.699. The summed E-state index contributed by atoms with van der Waals surface area (Å²) in [6.45, 7) is 0. The SMILES string of the molecule is Clc1cc(Br)cc(C=Cc2cccc(Cl)c2Br)c1. The Morgan fingerprint density at radius 3 is 2.44 bits per heavy atom. The molecule has 0 N–H and O–H groups in total. The third-order valence-corrected chi connectivity index (χ3v) is 4.43. The molecule has 4 heteroatoms. The molecule has 2 rings (SSSR count). The van der Waals surface area contributed by atoms with Crippen LogP contribution in [-0.2, 0) is 0 Å². The first kappa shape index (κ1) is 14.1. The van der Waals surface area contributed by atoms with Crippen molar-refractivity contribution in [2.75, 3.05) is 0 Å². The van der Waals surface area contributed by atoms with Crippen molar-refractivity contribution in [1.29, 1.82) is 0 Å². The quantitative estimate of drug-likeness (QED) is 0.487. The summed E-state index contributed by atoms with van der Waals surface area (Å²) in [4.78, 5) is 0. The number of benzene rings is 2. The van der Waals surface area contributed by atoms with Crippen molar-refractivity contribution >= 4 is 67.2 Å². The van der Waals surface area contributed by atoms with Crippen molar-refractivity contribution in [3.8, 4) is 0 Å². The van der Waals surface area contributed by atoms with Gasteiger partial charge >= 0.3 is 0 Å². The lowest BCUT2D eigenvalue weighted by Crippen LogP contribution is -1.78. The Morgan fingerprint density at radius 1 is 0.944 bits per heavy atom. The summed E-state index contributed by atoms with van der Waals surface area (Å²) in [7, 11) is 0. The van der Waals surface area contributed by atoms with Crippen LogP contribution in [0.3, 0.4) is 0 Å². The first-order chi connectivity index (χ1) is 8.56. The van der Waals surface area contributed by atoms with Gasteiger partial charge in [0, 0.05) is 14.0 Å². The molecule has 0 heterocycles. The lowest BCUT2D eigenvalue weighted by Gasteiger charge is -2.01. The van der Waals surface area contributed by atoms with E-state index in [0.29, 0.717) is 10.0 Å². The van der Waals surface area contributed by atoms with E-state index in [1.165, 1.54) is 0 Å². The Hall–Kier alpha value is -0.280. The summed E-state index contributed by atoms with van der Waals surface area (Å²) in [5.74, 6) is 0. The zero-order valence-electron chi connectivity index (χ0n) is 9.13. The second-order valence-corrected chi connectivity index (χ2v) is 6.23. The largest absolute Gasteiger partial charge is 0.0843 e. The maximum Gasteiger partial charge on any atom is 0.0554 e. The fourth-order valence-electron chi connectivity index (χ4n) is 1.51. The monoisotopic (exact) mass is 404 g/mol. The highest BCUT2D eigenvalue weighted by molar-refractivity contribution is 9.10. The van der Waals surface area contributed by atoms with Gasteiger partial charge < -0.3 is 0 Å². The van der Waals surface area contributed by atoms with E-state index in [2.05, 4.69) is 31.9 Å². The molecule has 0 bridgehead atoms. The number of hydrogen-bond donors (Lipinski definition) is 0. The molecule has 2 aromatic rings. The average molecular weight is 407 g/mol. The summed E-state index contributed by atoms with van der Waals surface area (Å²) in [5.41, 5.74) is 2.06. The number of halogens is 4. The summed E-state index contributed by atoms with van der Waals surface area (Å²) < 4.78 is 1.85. The van der Waals surface area contributed by atoms with Crippen molar-refractivity contribution in [3.63, 3.8) is 0 Å². The van der Waals surface area contributed by atoms with Crippen molar-refractivity contribution in [3.05, 3.63) is 66.5 Å². The fourth-order valence-corrected chi connectivity index (χ4v) is 2.97. The van der Waals surface area contributed by atoms with Gasteiger partial charge in [0.15, 0.2) is 0 Å². The third-order valence-electron chi connectivity index (χ3n) is 2.32. The van der Waals surface area contributed by atoms with Gasteiger partial charge in [-0.25, -0.2) is 0 Å². The Balaban J connectivity index is 2.33. The van der Waals surface area contributed by atoms with Crippen molar-refractivity contribution in [1.82, 2.24) is 0 Å². The van der Waals surface area contributed by atoms with Gasteiger partial charge in [-0.05, 0) is 51.3 Å². The molecule has 0 aliphatic heterocycles. The Labute approximate surface area is 133 Å². The molecule has 0 nitrogen and oxygen atoms in total. The number of hydrogen-bond acceptors (Lipinski definition) is 0. The van der Waals surface area contributed by atoms with Crippen LogP contribution in [0.2, 0.25) is 10.0 Å². The van der Waals surface area contributed by atoms with E-state index >= 15 is 0 Å². The first-order valence-electron chi connectivity index (χ1n) is 5.14. The van der Waals surface area contributed by atoms with Crippen LogP contribution >= 0.6 is 55.1 Å². The van der Waals surface area contributed by atoms with E-state index in [4.69, 9.17) is 23.2 Å². The molecule has 0 radical (unpaired) electrons. The van der Waals surface area contributed by atoms with Gasteiger partial charge in [0.2, 0.25) is 0 Å². The van der Waals surface area contributed by atoms with Crippen LogP contribution in [0, 0.1) is 0 Å². The van der Waals surface area contributed by atoms with E-state index < -0.39 is 0 Å². The van der Waals surface area contributed by atoms with Crippen LogP contribution in [0.4, 0.5) is 0 Å². The Morgan fingerprint density at radius 2 is 1.72 bits per heavy atom. The van der Waals surface area contributed by atoms with Crippen LogP contribution in [0.5, 0.6) is 0 Å². The molecular weight excluding hydrogens is 399 g/mol. The van der Waals surface area contributed by atoms with Crippen LogP contribution in [0.15, 0.2) is 45.3 Å². The number of rotatable bonds is 2. The second-order valence-electron chi connectivity index (χ2n) is 3.68. The van der Waals surface area contributed by atoms with Crippen LogP contribution in [0.1, 0.15) is 11.1 Å². The Kier molecular flexibility index (Phi) is 4.91. The van der Waals surface area contributed by atoms with E-state index in [0.717, 1.165) is 20.1 Å². The zero-order valence-corrected chi connectivity index (χ0v) is 13.8. The molecule has 0 atom stereocenters. The lowest BCUT2D eigenvalue weighted by atomic mass is 10.1. The molecule has 0 spiro atoms. The summed E-state index contributed by atoms with van der Waals surface area (Å²) >= 11 is 18.9. The van der Waals surface area contributed by atoms with Gasteiger partial charge in [0.25, 0.3) is 0 Å². The molecule has 0 unspecified atom stereocenters. The maximum absolute atomic E-state index is 6.04. The normalized spacial score (nSPS) is 11.1. The standard InChI is InChI=1S/C14H8Br2Cl2/c15-11-6-9(7-12(17)8-11)4-5-10-2-1-3-13(18)14(10)16/h1-8H. The topological polar surface area (TPSA) is 0 Å². The molecule has 0 fully saturated rings. The van der Waals surface area contributed by atoms with E-state index in [-0.39, 0.29) is 0 Å². The molecule has 0 saturated heterocycles. The maximum atomic E-state index is 6.04. The highest BCUT2D eigenvalue weighted by atomic mass is 79.9. The fraction of sp³-hybridized carbons (Fsp3) is 0. The predicted molar refractivity (Wildman–Crippen MR) is 87.2 cm³/mol. The van der Waals surface area contributed by atoms with E-state index in [1.807, 2.05) is 48.6 Å². The van der Waals surface area contributed by atoms with Crippen molar-refractivity contribution < 1.29 is 0 Å². The van der Waals surface area contributed by atoms with E-state index in [1.54, 1.807) is 0 Å².